The van der Waals surface area contributed by atoms with Crippen molar-refractivity contribution in [1.82, 2.24) is 11.1 Å². The van der Waals surface area contributed by atoms with Crippen LogP contribution < -0.4 is 11.1 Å². The molecule has 0 saturated carbocycles. The standard InChI is InChI=1S/C8H7N3/c9-8-10-5-6-3-1-2-4-7(6)11-8/h1-4H,5H2,(H,10,11). The quantitative estimate of drug-likeness (QED) is 0.577. The van der Waals surface area contributed by atoms with E-state index in [-0.39, 0.29) is 5.96 Å². The molecule has 3 heteroatoms. The van der Waals surface area contributed by atoms with Gasteiger partial charge in [0.15, 0.2) is 0 Å². The van der Waals surface area contributed by atoms with Crippen LogP contribution in [-0.2, 0) is 6.54 Å². The average Bonchev–Trinajstić information content (AvgIpc) is 2.04. The van der Waals surface area contributed by atoms with E-state index in [4.69, 9.17) is 5.73 Å². The number of fused-ring (bicyclic) bond motifs is 1. The second-order valence-corrected chi connectivity index (χ2v) is 2.42. The van der Waals surface area contributed by atoms with Crippen LogP contribution in [0.2, 0.25) is 0 Å². The Morgan fingerprint density at radius 3 is 3.09 bits per heavy atom. The topological polar surface area (TPSA) is 46.7 Å². The zero-order valence-corrected chi connectivity index (χ0v) is 5.91. The summed E-state index contributed by atoms with van der Waals surface area (Å²) in [6, 6.07) is 7.73. The number of aliphatic imine (C=N–C) groups is 1. The Morgan fingerprint density at radius 1 is 1.36 bits per heavy atom. The molecule has 1 N–H and O–H groups in total. The third-order valence-electron chi connectivity index (χ3n) is 1.65. The van der Waals surface area contributed by atoms with Gasteiger partial charge in [-0.2, -0.15) is 0 Å². The van der Waals surface area contributed by atoms with E-state index in [0.717, 1.165) is 11.3 Å². The van der Waals surface area contributed by atoms with E-state index in [1.54, 1.807) is 0 Å². The first-order valence-electron chi connectivity index (χ1n) is 3.46. The molecule has 1 aromatic carbocycles. The molecule has 0 fully saturated rings. The number of benzene rings is 1. The SMILES string of the molecule is [N]C1=Nc2ccccc2CN1. The van der Waals surface area contributed by atoms with Gasteiger partial charge in [-0.1, -0.05) is 18.2 Å². The monoisotopic (exact) mass is 145 g/mol. The van der Waals surface area contributed by atoms with Crippen LogP contribution in [0.5, 0.6) is 0 Å². The number of hydrogen-bond acceptors (Lipinski definition) is 2. The molecule has 0 aromatic heterocycles. The molecule has 1 heterocycles. The third kappa shape index (κ3) is 1.05. The molecule has 2 radical (unpaired) electrons. The molecule has 1 aromatic rings. The Balaban J connectivity index is 2.51. The molecular formula is C8H7N3. The summed E-state index contributed by atoms with van der Waals surface area (Å²) in [4.78, 5) is 3.91. The van der Waals surface area contributed by atoms with Crippen molar-refractivity contribution in [3.63, 3.8) is 0 Å². The minimum absolute atomic E-state index is 0.00343. The van der Waals surface area contributed by atoms with Crippen molar-refractivity contribution in [1.29, 1.82) is 0 Å². The molecule has 0 unspecified atom stereocenters. The van der Waals surface area contributed by atoms with Gasteiger partial charge in [-0.05, 0) is 11.6 Å². The minimum Gasteiger partial charge on any atom is -0.349 e. The van der Waals surface area contributed by atoms with Crippen LogP contribution in [0, 0.1) is 0 Å². The third-order valence-corrected chi connectivity index (χ3v) is 1.65. The summed E-state index contributed by atoms with van der Waals surface area (Å²) in [6.07, 6.45) is 0. The van der Waals surface area contributed by atoms with Gasteiger partial charge >= 0.3 is 0 Å². The van der Waals surface area contributed by atoms with Gasteiger partial charge in [0, 0.05) is 6.54 Å². The molecule has 0 saturated heterocycles. The minimum atomic E-state index is 0.00343. The van der Waals surface area contributed by atoms with Gasteiger partial charge in [-0.15, -0.1) is 5.73 Å². The van der Waals surface area contributed by atoms with E-state index in [1.165, 1.54) is 0 Å². The fraction of sp³-hybridized carbons (Fsp3) is 0.125. The first-order chi connectivity index (χ1) is 5.36. The van der Waals surface area contributed by atoms with Gasteiger partial charge in [-0.25, -0.2) is 4.99 Å². The van der Waals surface area contributed by atoms with Crippen LogP contribution in [0.1, 0.15) is 5.56 Å². The highest BCUT2D eigenvalue weighted by atomic mass is 15.1. The van der Waals surface area contributed by atoms with Crippen LogP contribution in [0.3, 0.4) is 0 Å². The van der Waals surface area contributed by atoms with Gasteiger partial charge in [0.1, 0.15) is 0 Å². The van der Waals surface area contributed by atoms with E-state index in [9.17, 15) is 0 Å². The molecule has 3 nitrogen and oxygen atoms in total. The van der Waals surface area contributed by atoms with Crippen LogP contribution in [0.15, 0.2) is 29.3 Å². The Morgan fingerprint density at radius 2 is 2.18 bits per heavy atom. The van der Waals surface area contributed by atoms with Crippen molar-refractivity contribution >= 4 is 11.6 Å². The number of nitrogens with zero attached hydrogens (tertiary/aromatic N) is 2. The Hall–Kier alpha value is -1.51. The van der Waals surface area contributed by atoms with Crippen LogP contribution in [0.25, 0.3) is 0 Å². The summed E-state index contributed by atoms with van der Waals surface area (Å²) >= 11 is 0. The van der Waals surface area contributed by atoms with Crippen LogP contribution in [0.4, 0.5) is 5.69 Å². The van der Waals surface area contributed by atoms with Crippen molar-refractivity contribution in [3.05, 3.63) is 29.8 Å². The number of rotatable bonds is 0. The summed E-state index contributed by atoms with van der Waals surface area (Å²) in [6.45, 7) is 0.658. The van der Waals surface area contributed by atoms with Crippen LogP contribution >= 0.6 is 0 Å². The van der Waals surface area contributed by atoms with Gasteiger partial charge < -0.3 is 5.32 Å². The highest BCUT2D eigenvalue weighted by Crippen LogP contribution is 2.20. The first kappa shape index (κ1) is 6.22. The summed E-state index contributed by atoms with van der Waals surface area (Å²) in [5.74, 6) is 0.00343. The highest BCUT2D eigenvalue weighted by Gasteiger charge is 2.07. The maximum absolute atomic E-state index is 8.99. The summed E-state index contributed by atoms with van der Waals surface area (Å²) in [5, 5.41) is 2.74. The van der Waals surface area contributed by atoms with Crippen molar-refractivity contribution in [2.45, 2.75) is 6.54 Å². The van der Waals surface area contributed by atoms with Crippen molar-refractivity contribution in [2.75, 3.05) is 0 Å². The summed E-state index contributed by atoms with van der Waals surface area (Å²) < 4.78 is 0. The van der Waals surface area contributed by atoms with Crippen molar-refractivity contribution < 1.29 is 0 Å². The Bertz CT molecular complexity index is 304. The predicted octanol–water partition coefficient (Wildman–Crippen LogP) is 0.846. The smallest absolute Gasteiger partial charge is 0.243 e. The van der Waals surface area contributed by atoms with Crippen molar-refractivity contribution in [2.24, 2.45) is 4.99 Å². The lowest BCUT2D eigenvalue weighted by Crippen LogP contribution is -2.26. The fourth-order valence-corrected chi connectivity index (χ4v) is 1.10. The van der Waals surface area contributed by atoms with Gasteiger partial charge in [-0.3, -0.25) is 0 Å². The molecule has 0 bridgehead atoms. The molecular weight excluding hydrogens is 138 g/mol. The van der Waals surface area contributed by atoms with E-state index in [0.29, 0.717) is 6.54 Å². The lowest BCUT2D eigenvalue weighted by molar-refractivity contribution is 0.878. The van der Waals surface area contributed by atoms with E-state index >= 15 is 0 Å². The molecule has 0 amide bonds. The van der Waals surface area contributed by atoms with E-state index in [2.05, 4.69) is 10.3 Å². The number of hydrogen-bond donors (Lipinski definition) is 1. The summed E-state index contributed by atoms with van der Waals surface area (Å²) in [7, 11) is 0. The van der Waals surface area contributed by atoms with Gasteiger partial charge in [0.2, 0.25) is 5.96 Å². The normalized spacial score (nSPS) is 14.7. The maximum atomic E-state index is 8.99. The number of para-hydroxylation sites is 1. The molecule has 54 valence electrons. The van der Waals surface area contributed by atoms with E-state index < -0.39 is 0 Å². The molecule has 0 atom stereocenters. The number of nitrogens with one attached hydrogen (secondary N) is 1. The molecule has 11 heavy (non-hydrogen) atoms. The Labute approximate surface area is 64.9 Å². The van der Waals surface area contributed by atoms with Gasteiger partial charge in [0.25, 0.3) is 0 Å². The second-order valence-electron chi connectivity index (χ2n) is 2.42. The number of guanidine groups is 1. The largest absolute Gasteiger partial charge is 0.349 e. The molecule has 2 rings (SSSR count). The fourth-order valence-electron chi connectivity index (χ4n) is 1.10. The molecule has 1 aliphatic heterocycles. The lowest BCUT2D eigenvalue weighted by Gasteiger charge is -2.11. The zero-order chi connectivity index (χ0) is 7.68. The maximum Gasteiger partial charge on any atom is 0.243 e. The second kappa shape index (κ2) is 2.27. The van der Waals surface area contributed by atoms with Crippen LogP contribution in [-0.4, -0.2) is 5.96 Å². The van der Waals surface area contributed by atoms with Gasteiger partial charge in [0.05, 0.1) is 5.69 Å². The van der Waals surface area contributed by atoms with E-state index in [1.807, 2.05) is 24.3 Å². The molecule has 1 aliphatic rings. The first-order valence-corrected chi connectivity index (χ1v) is 3.46. The van der Waals surface area contributed by atoms with Crippen molar-refractivity contribution in [3.8, 4) is 0 Å². The summed E-state index contributed by atoms with van der Waals surface area (Å²) in [5.41, 5.74) is 11.0. The highest BCUT2D eigenvalue weighted by molar-refractivity contribution is 5.82. The molecule has 0 aliphatic carbocycles. The molecule has 0 spiro atoms. The average molecular weight is 145 g/mol. The zero-order valence-electron chi connectivity index (χ0n) is 5.91. The lowest BCUT2D eigenvalue weighted by atomic mass is 10.1. The predicted molar refractivity (Wildman–Crippen MR) is 42.5 cm³/mol. The Kier molecular flexibility index (Phi) is 1.28.